The average molecular weight is 409 g/mol. The minimum atomic E-state index is -0.363. The summed E-state index contributed by atoms with van der Waals surface area (Å²) in [7, 11) is 0. The van der Waals surface area contributed by atoms with Crippen LogP contribution in [-0.4, -0.2) is 25.0 Å². The molecule has 0 bridgehead atoms. The second-order valence-corrected chi connectivity index (χ2v) is 6.77. The number of hydrogen-bond donors (Lipinski definition) is 2. The normalized spacial score (nSPS) is 10.2. The minimum Gasteiger partial charge on any atom is -0.483 e. The number of carbonyl (C=O) groups excluding carboxylic acids is 2. The highest BCUT2D eigenvalue weighted by Gasteiger charge is 2.15. The highest BCUT2D eigenvalue weighted by atomic mass is 35.5. The molecule has 0 aromatic heterocycles. The molecule has 3 rings (SSSR count). The molecule has 148 valence electrons. The maximum absolute atomic E-state index is 12.6. The maximum Gasteiger partial charge on any atom is 0.259 e. The molecule has 0 aliphatic rings. The van der Waals surface area contributed by atoms with Gasteiger partial charge in [0, 0.05) is 17.3 Å². The smallest absolute Gasteiger partial charge is 0.259 e. The van der Waals surface area contributed by atoms with Gasteiger partial charge in [0.2, 0.25) is 0 Å². The van der Waals surface area contributed by atoms with Crippen LogP contribution in [0.25, 0.3) is 0 Å². The second-order valence-electron chi connectivity index (χ2n) is 6.33. The lowest BCUT2D eigenvalue weighted by Crippen LogP contribution is -2.30. The number of halogens is 1. The summed E-state index contributed by atoms with van der Waals surface area (Å²) >= 11 is 6.04. The summed E-state index contributed by atoms with van der Waals surface area (Å²) in [6, 6.07) is 23.7. The third kappa shape index (κ3) is 6.36. The zero-order valence-corrected chi connectivity index (χ0v) is 16.5. The lowest BCUT2D eigenvalue weighted by atomic mass is 10.1. The van der Waals surface area contributed by atoms with Crippen LogP contribution in [0.2, 0.25) is 5.02 Å². The SMILES string of the molecule is O=C(COc1ccc(Cl)cc1C(=O)Nc1ccccc1)NCCc1ccccc1. The van der Waals surface area contributed by atoms with Crippen LogP contribution in [0.5, 0.6) is 5.75 Å². The van der Waals surface area contributed by atoms with E-state index in [0.717, 1.165) is 12.0 Å². The fourth-order valence-corrected chi connectivity index (χ4v) is 2.88. The van der Waals surface area contributed by atoms with Gasteiger partial charge in [-0.1, -0.05) is 60.1 Å². The van der Waals surface area contributed by atoms with E-state index in [1.807, 2.05) is 48.5 Å². The van der Waals surface area contributed by atoms with Crippen LogP contribution < -0.4 is 15.4 Å². The third-order valence-corrected chi connectivity index (χ3v) is 4.39. The van der Waals surface area contributed by atoms with Gasteiger partial charge < -0.3 is 15.4 Å². The Hall–Kier alpha value is -3.31. The van der Waals surface area contributed by atoms with E-state index in [4.69, 9.17) is 16.3 Å². The van der Waals surface area contributed by atoms with Crippen LogP contribution in [-0.2, 0) is 11.2 Å². The Bertz CT molecular complexity index is 962. The summed E-state index contributed by atoms with van der Waals surface area (Å²) in [5.41, 5.74) is 2.06. The maximum atomic E-state index is 12.6. The number of anilines is 1. The predicted molar refractivity (Wildman–Crippen MR) is 114 cm³/mol. The number of hydrogen-bond acceptors (Lipinski definition) is 3. The lowest BCUT2D eigenvalue weighted by Gasteiger charge is -2.12. The Kier molecular flexibility index (Phi) is 7.25. The summed E-state index contributed by atoms with van der Waals surface area (Å²) in [5, 5.41) is 6.00. The molecule has 0 radical (unpaired) electrons. The van der Waals surface area contributed by atoms with E-state index >= 15 is 0 Å². The van der Waals surface area contributed by atoms with Crippen LogP contribution in [0.15, 0.2) is 78.9 Å². The molecule has 5 nitrogen and oxygen atoms in total. The molecule has 0 spiro atoms. The molecule has 0 unspecified atom stereocenters. The fourth-order valence-electron chi connectivity index (χ4n) is 2.71. The molecule has 0 atom stereocenters. The van der Waals surface area contributed by atoms with E-state index in [1.54, 1.807) is 24.3 Å². The van der Waals surface area contributed by atoms with Gasteiger partial charge in [-0.2, -0.15) is 0 Å². The van der Waals surface area contributed by atoms with Gasteiger partial charge in [-0.15, -0.1) is 0 Å². The molecular formula is C23H21ClN2O3. The molecule has 0 aliphatic carbocycles. The molecule has 0 aliphatic heterocycles. The number of carbonyl (C=O) groups is 2. The van der Waals surface area contributed by atoms with Crippen LogP contribution in [0.1, 0.15) is 15.9 Å². The van der Waals surface area contributed by atoms with Crippen molar-refractivity contribution in [1.29, 1.82) is 0 Å². The van der Waals surface area contributed by atoms with Gasteiger partial charge in [0.25, 0.3) is 11.8 Å². The number of benzene rings is 3. The predicted octanol–water partition coefficient (Wildman–Crippen LogP) is 4.33. The number of rotatable bonds is 8. The summed E-state index contributed by atoms with van der Waals surface area (Å²) in [4.78, 5) is 24.7. The molecule has 3 aromatic carbocycles. The third-order valence-electron chi connectivity index (χ3n) is 4.16. The van der Waals surface area contributed by atoms with Crippen molar-refractivity contribution in [2.75, 3.05) is 18.5 Å². The van der Waals surface area contributed by atoms with E-state index in [9.17, 15) is 9.59 Å². The largest absolute Gasteiger partial charge is 0.483 e. The minimum absolute atomic E-state index is 0.192. The van der Waals surface area contributed by atoms with E-state index in [-0.39, 0.29) is 24.0 Å². The first-order valence-electron chi connectivity index (χ1n) is 9.21. The molecule has 2 amide bonds. The van der Waals surface area contributed by atoms with Crippen molar-refractivity contribution in [2.45, 2.75) is 6.42 Å². The van der Waals surface area contributed by atoms with Crippen molar-refractivity contribution < 1.29 is 14.3 Å². The molecular weight excluding hydrogens is 388 g/mol. The first kappa shape index (κ1) is 20.4. The Morgan fingerprint density at radius 1 is 0.897 bits per heavy atom. The fraction of sp³-hybridized carbons (Fsp3) is 0.130. The van der Waals surface area contributed by atoms with Gasteiger partial charge in [-0.05, 0) is 42.3 Å². The zero-order valence-electron chi connectivity index (χ0n) is 15.7. The molecule has 29 heavy (non-hydrogen) atoms. The quantitative estimate of drug-likeness (QED) is 0.583. The van der Waals surface area contributed by atoms with Crippen LogP contribution in [0.4, 0.5) is 5.69 Å². The van der Waals surface area contributed by atoms with E-state index in [1.165, 1.54) is 6.07 Å². The Morgan fingerprint density at radius 3 is 2.31 bits per heavy atom. The molecule has 3 aromatic rings. The standard InChI is InChI=1S/C23H21ClN2O3/c24-18-11-12-21(20(15-18)23(28)26-19-9-5-2-6-10-19)29-16-22(27)25-14-13-17-7-3-1-4-8-17/h1-12,15H,13-14,16H2,(H,25,27)(H,26,28). The van der Waals surface area contributed by atoms with Gasteiger partial charge in [0.05, 0.1) is 5.56 Å². The van der Waals surface area contributed by atoms with Crippen molar-refractivity contribution in [3.8, 4) is 5.75 Å². The van der Waals surface area contributed by atoms with Crippen molar-refractivity contribution in [3.05, 3.63) is 95.0 Å². The lowest BCUT2D eigenvalue weighted by molar-refractivity contribution is -0.123. The summed E-state index contributed by atoms with van der Waals surface area (Å²) in [6.45, 7) is 0.316. The molecule has 0 heterocycles. The van der Waals surface area contributed by atoms with Crippen molar-refractivity contribution >= 4 is 29.1 Å². The topological polar surface area (TPSA) is 67.4 Å². The van der Waals surface area contributed by atoms with Gasteiger partial charge in [-0.25, -0.2) is 0 Å². The molecule has 2 N–H and O–H groups in total. The second kappa shape index (κ2) is 10.3. The Morgan fingerprint density at radius 2 is 1.59 bits per heavy atom. The zero-order chi connectivity index (χ0) is 20.5. The summed E-state index contributed by atoms with van der Waals surface area (Å²) < 4.78 is 5.58. The molecule has 0 saturated heterocycles. The van der Waals surface area contributed by atoms with E-state index in [0.29, 0.717) is 23.0 Å². The van der Waals surface area contributed by atoms with Gasteiger partial charge in [-0.3, -0.25) is 9.59 Å². The number of amides is 2. The highest BCUT2D eigenvalue weighted by molar-refractivity contribution is 6.31. The van der Waals surface area contributed by atoms with Crippen LogP contribution in [0, 0.1) is 0 Å². The average Bonchev–Trinajstić information content (AvgIpc) is 2.74. The summed E-state index contributed by atoms with van der Waals surface area (Å²) in [5.74, 6) is -0.329. The van der Waals surface area contributed by atoms with E-state index in [2.05, 4.69) is 10.6 Å². The van der Waals surface area contributed by atoms with Crippen LogP contribution in [0.3, 0.4) is 0 Å². The monoisotopic (exact) mass is 408 g/mol. The summed E-state index contributed by atoms with van der Waals surface area (Å²) in [6.07, 6.45) is 0.734. The number of ether oxygens (including phenoxy) is 1. The number of nitrogens with one attached hydrogen (secondary N) is 2. The first-order chi connectivity index (χ1) is 14.1. The van der Waals surface area contributed by atoms with Crippen molar-refractivity contribution in [3.63, 3.8) is 0 Å². The highest BCUT2D eigenvalue weighted by Crippen LogP contribution is 2.24. The van der Waals surface area contributed by atoms with Crippen LogP contribution >= 0.6 is 11.6 Å². The van der Waals surface area contributed by atoms with E-state index < -0.39 is 0 Å². The van der Waals surface area contributed by atoms with Gasteiger partial charge in [0.15, 0.2) is 6.61 Å². The molecule has 6 heteroatoms. The molecule has 0 saturated carbocycles. The van der Waals surface area contributed by atoms with Crippen molar-refractivity contribution in [1.82, 2.24) is 5.32 Å². The number of para-hydroxylation sites is 1. The Balaban J connectivity index is 1.56. The Labute approximate surface area is 174 Å². The molecule has 0 fully saturated rings. The van der Waals surface area contributed by atoms with Gasteiger partial charge >= 0.3 is 0 Å². The first-order valence-corrected chi connectivity index (χ1v) is 9.59. The van der Waals surface area contributed by atoms with Gasteiger partial charge in [0.1, 0.15) is 5.75 Å². The van der Waals surface area contributed by atoms with Crippen molar-refractivity contribution in [2.24, 2.45) is 0 Å².